The predicted octanol–water partition coefficient (Wildman–Crippen LogP) is 5.86. The Labute approximate surface area is 132 Å². The topological polar surface area (TPSA) is 9.23 Å². The lowest BCUT2D eigenvalue weighted by molar-refractivity contribution is -0.0230. The molecule has 2 atom stereocenters. The van der Waals surface area contributed by atoms with E-state index in [1.54, 1.807) is 13.8 Å². The molecule has 0 spiro atoms. The van der Waals surface area contributed by atoms with Crippen LogP contribution in [-0.2, 0) is 4.74 Å². The predicted molar refractivity (Wildman–Crippen MR) is 79.9 cm³/mol. The summed E-state index contributed by atoms with van der Waals surface area (Å²) in [6.45, 7) is 3.51. The molecule has 2 rings (SSSR count). The summed E-state index contributed by atoms with van der Waals surface area (Å²) in [6, 6.07) is 7.69. The second-order valence-corrected chi connectivity index (χ2v) is 5.22. The number of hydrogen-bond donors (Lipinski definition) is 0. The van der Waals surface area contributed by atoms with Crippen molar-refractivity contribution >= 4 is 0 Å². The van der Waals surface area contributed by atoms with E-state index in [4.69, 9.17) is 4.74 Å². The number of benzene rings is 2. The minimum absolute atomic E-state index is 0.0720. The van der Waals surface area contributed by atoms with Crippen LogP contribution in [0.15, 0.2) is 36.4 Å². The number of halogens is 4. The van der Waals surface area contributed by atoms with Gasteiger partial charge in [-0.2, -0.15) is 0 Å². The molecule has 0 saturated carbocycles. The first-order valence-corrected chi connectivity index (χ1v) is 7.52. The monoisotopic (exact) mass is 326 g/mol. The summed E-state index contributed by atoms with van der Waals surface area (Å²) in [6.07, 6.45) is -0.765. The lowest BCUT2D eigenvalue weighted by Crippen LogP contribution is -2.13. The number of rotatable bonds is 6. The van der Waals surface area contributed by atoms with E-state index in [2.05, 4.69) is 0 Å². The van der Waals surface area contributed by atoms with Crippen LogP contribution in [0.1, 0.15) is 50.0 Å². The van der Waals surface area contributed by atoms with Crippen LogP contribution in [0.2, 0.25) is 0 Å². The molecule has 2 aromatic rings. The van der Waals surface area contributed by atoms with Crippen LogP contribution in [0.3, 0.4) is 0 Å². The third kappa shape index (κ3) is 3.72. The minimum Gasteiger partial charge on any atom is -0.365 e. The van der Waals surface area contributed by atoms with Gasteiger partial charge < -0.3 is 4.74 Å². The maximum atomic E-state index is 13.9. The minimum atomic E-state index is -0.978. The quantitative estimate of drug-likeness (QED) is 0.604. The van der Waals surface area contributed by atoms with Crippen LogP contribution in [0.25, 0.3) is 0 Å². The van der Waals surface area contributed by atoms with Gasteiger partial charge in [0, 0.05) is 11.1 Å². The SMILES string of the molecule is CCC(OC(CC)c1cccc(F)c1F)c1cccc(F)c1F. The number of hydrogen-bond acceptors (Lipinski definition) is 1. The maximum Gasteiger partial charge on any atom is 0.164 e. The van der Waals surface area contributed by atoms with Crippen molar-refractivity contribution in [1.29, 1.82) is 0 Å². The van der Waals surface area contributed by atoms with Gasteiger partial charge in [-0.3, -0.25) is 0 Å². The fraction of sp³-hybridized carbons (Fsp3) is 0.333. The first kappa shape index (κ1) is 17.5. The molecular weight excluding hydrogens is 308 g/mol. The second kappa shape index (κ2) is 7.59. The largest absolute Gasteiger partial charge is 0.365 e. The molecule has 0 bridgehead atoms. The highest BCUT2D eigenvalue weighted by Gasteiger charge is 2.24. The van der Waals surface area contributed by atoms with Gasteiger partial charge in [0.05, 0.1) is 12.2 Å². The average Bonchev–Trinajstić information content (AvgIpc) is 2.55. The van der Waals surface area contributed by atoms with Crippen LogP contribution in [0.5, 0.6) is 0 Å². The molecule has 0 N–H and O–H groups in total. The summed E-state index contributed by atoms with van der Waals surface area (Å²) < 4.78 is 60.5. The van der Waals surface area contributed by atoms with E-state index in [-0.39, 0.29) is 11.1 Å². The Hall–Kier alpha value is -1.88. The van der Waals surface area contributed by atoms with Crippen LogP contribution in [-0.4, -0.2) is 0 Å². The summed E-state index contributed by atoms with van der Waals surface area (Å²) in [7, 11) is 0. The second-order valence-electron chi connectivity index (χ2n) is 5.22. The van der Waals surface area contributed by atoms with Gasteiger partial charge in [0.25, 0.3) is 0 Å². The van der Waals surface area contributed by atoms with E-state index in [0.29, 0.717) is 12.8 Å². The third-order valence-corrected chi connectivity index (χ3v) is 3.73. The van der Waals surface area contributed by atoms with Crippen LogP contribution < -0.4 is 0 Å². The Bertz CT molecular complexity index is 615. The van der Waals surface area contributed by atoms with Crippen LogP contribution >= 0.6 is 0 Å². The Morgan fingerprint density at radius 2 is 1.13 bits per heavy atom. The molecule has 0 amide bonds. The molecule has 0 saturated heterocycles. The molecule has 0 aliphatic carbocycles. The van der Waals surface area contributed by atoms with Gasteiger partial charge in [-0.1, -0.05) is 38.1 Å². The highest BCUT2D eigenvalue weighted by atomic mass is 19.2. The molecule has 0 radical (unpaired) electrons. The van der Waals surface area contributed by atoms with Crippen molar-refractivity contribution in [2.24, 2.45) is 0 Å². The highest BCUT2D eigenvalue weighted by molar-refractivity contribution is 5.24. The Balaban J connectivity index is 2.32. The van der Waals surface area contributed by atoms with E-state index in [1.165, 1.54) is 24.3 Å². The molecule has 2 unspecified atom stereocenters. The molecule has 0 aliphatic rings. The average molecular weight is 326 g/mol. The third-order valence-electron chi connectivity index (χ3n) is 3.73. The smallest absolute Gasteiger partial charge is 0.164 e. The van der Waals surface area contributed by atoms with Gasteiger partial charge >= 0.3 is 0 Å². The maximum absolute atomic E-state index is 13.9. The standard InChI is InChI=1S/C18H18F4O/c1-3-15(11-7-5-9-13(19)17(11)21)23-16(4-2)12-8-6-10-14(20)18(12)22/h5-10,15-16H,3-4H2,1-2H3. The van der Waals surface area contributed by atoms with Crippen molar-refractivity contribution in [3.63, 3.8) is 0 Å². The van der Waals surface area contributed by atoms with Gasteiger partial charge in [-0.15, -0.1) is 0 Å². The van der Waals surface area contributed by atoms with E-state index >= 15 is 0 Å². The van der Waals surface area contributed by atoms with E-state index in [0.717, 1.165) is 12.1 Å². The van der Waals surface area contributed by atoms with Gasteiger partial charge in [-0.25, -0.2) is 17.6 Å². The van der Waals surface area contributed by atoms with Crippen molar-refractivity contribution in [3.8, 4) is 0 Å². The molecule has 124 valence electrons. The van der Waals surface area contributed by atoms with Crippen LogP contribution in [0.4, 0.5) is 17.6 Å². The molecular formula is C18H18F4O. The lowest BCUT2D eigenvalue weighted by atomic mass is 10.0. The first-order chi connectivity index (χ1) is 11.0. The van der Waals surface area contributed by atoms with Crippen molar-refractivity contribution < 1.29 is 22.3 Å². The first-order valence-electron chi connectivity index (χ1n) is 7.52. The summed E-state index contributed by atoms with van der Waals surface area (Å²) in [5, 5.41) is 0. The molecule has 23 heavy (non-hydrogen) atoms. The molecule has 0 fully saturated rings. The van der Waals surface area contributed by atoms with E-state index in [9.17, 15) is 17.6 Å². The summed E-state index contributed by atoms with van der Waals surface area (Å²) in [4.78, 5) is 0. The fourth-order valence-electron chi connectivity index (χ4n) is 2.52. The molecule has 1 nitrogen and oxygen atoms in total. The fourth-order valence-corrected chi connectivity index (χ4v) is 2.52. The van der Waals surface area contributed by atoms with E-state index < -0.39 is 35.5 Å². The van der Waals surface area contributed by atoms with Crippen LogP contribution in [0, 0.1) is 23.3 Å². The van der Waals surface area contributed by atoms with Crippen molar-refractivity contribution in [2.75, 3.05) is 0 Å². The molecule has 2 aromatic carbocycles. The molecule has 5 heteroatoms. The Morgan fingerprint density at radius 1 is 0.739 bits per heavy atom. The molecule has 0 aromatic heterocycles. The summed E-state index contributed by atoms with van der Waals surface area (Å²) in [5.74, 6) is -3.88. The highest BCUT2D eigenvalue weighted by Crippen LogP contribution is 2.34. The Kier molecular flexibility index (Phi) is 5.77. The molecule has 0 aliphatic heterocycles. The lowest BCUT2D eigenvalue weighted by Gasteiger charge is -2.25. The van der Waals surface area contributed by atoms with Crippen molar-refractivity contribution in [3.05, 3.63) is 70.8 Å². The molecule has 0 heterocycles. The zero-order valence-corrected chi connectivity index (χ0v) is 13.0. The zero-order chi connectivity index (χ0) is 17.0. The normalized spacial score (nSPS) is 13.8. The van der Waals surface area contributed by atoms with Crippen molar-refractivity contribution in [1.82, 2.24) is 0 Å². The van der Waals surface area contributed by atoms with E-state index in [1.807, 2.05) is 0 Å². The summed E-state index contributed by atoms with van der Waals surface area (Å²) in [5.41, 5.74) is 0.144. The zero-order valence-electron chi connectivity index (χ0n) is 13.0. The van der Waals surface area contributed by atoms with Crippen molar-refractivity contribution in [2.45, 2.75) is 38.9 Å². The number of ether oxygens (including phenoxy) is 1. The van der Waals surface area contributed by atoms with Gasteiger partial charge in [0.2, 0.25) is 0 Å². The van der Waals surface area contributed by atoms with Gasteiger partial charge in [-0.05, 0) is 25.0 Å². The Morgan fingerprint density at radius 3 is 1.48 bits per heavy atom. The van der Waals surface area contributed by atoms with Gasteiger partial charge in [0.1, 0.15) is 0 Å². The van der Waals surface area contributed by atoms with Gasteiger partial charge in [0.15, 0.2) is 23.3 Å². The summed E-state index contributed by atoms with van der Waals surface area (Å²) >= 11 is 0.